The second-order valence-electron chi connectivity index (χ2n) is 9.05. The normalized spacial score (nSPS) is 25.2. The maximum absolute atomic E-state index is 10.8. The van der Waals surface area contributed by atoms with Crippen LogP contribution in [0.25, 0.3) is 6.08 Å². The van der Waals surface area contributed by atoms with Crippen molar-refractivity contribution in [2.24, 2.45) is 5.92 Å². The van der Waals surface area contributed by atoms with Crippen LogP contribution in [-0.2, 0) is 4.74 Å². The lowest BCUT2D eigenvalue weighted by Crippen LogP contribution is -2.55. The quantitative estimate of drug-likeness (QED) is 0.199. The number of hydrogen-bond donors (Lipinski definition) is 7. The predicted octanol–water partition coefficient (Wildman–Crippen LogP) is 0.376. The van der Waals surface area contributed by atoms with Gasteiger partial charge in [-0.15, -0.1) is 0 Å². The van der Waals surface area contributed by atoms with Crippen LogP contribution in [0.2, 0.25) is 0 Å². The minimum Gasteiger partial charge on any atom is -0.504 e. The summed E-state index contributed by atoms with van der Waals surface area (Å²) in [6, 6.07) is 9.38. The van der Waals surface area contributed by atoms with Crippen molar-refractivity contribution in [1.82, 2.24) is 0 Å². The van der Waals surface area contributed by atoms with Crippen molar-refractivity contribution in [3.05, 3.63) is 53.6 Å². The standard InChI is InChI=1S/C27H36O11/c1-35-20-11-16(6-7-18(20)30)24(31)23(14-29)38-19-8-5-15(10-21(19)36-2)4-3-9-37-22-12-17(13-28)25(32)27(34)26(22)33/h3-8,10-11,17,22-34H,9,12-14H2,1-2H3. The van der Waals surface area contributed by atoms with E-state index in [1.165, 1.54) is 32.4 Å². The van der Waals surface area contributed by atoms with Gasteiger partial charge < -0.3 is 54.7 Å². The molecule has 2 aromatic carbocycles. The molecule has 0 heterocycles. The van der Waals surface area contributed by atoms with Gasteiger partial charge in [0.05, 0.1) is 39.6 Å². The van der Waals surface area contributed by atoms with Crippen LogP contribution >= 0.6 is 0 Å². The Morgan fingerprint density at radius 1 is 0.921 bits per heavy atom. The highest BCUT2D eigenvalue weighted by atomic mass is 16.5. The van der Waals surface area contributed by atoms with Crippen LogP contribution in [-0.4, -0.2) is 100 Å². The number of hydrogen-bond acceptors (Lipinski definition) is 11. The molecule has 7 N–H and O–H groups in total. The van der Waals surface area contributed by atoms with Crippen molar-refractivity contribution in [3.8, 4) is 23.0 Å². The summed E-state index contributed by atoms with van der Waals surface area (Å²) in [5.41, 5.74) is 1.11. The average molecular weight is 537 g/mol. The molecule has 1 fully saturated rings. The second kappa shape index (κ2) is 13.8. The van der Waals surface area contributed by atoms with Gasteiger partial charge in [-0.05, 0) is 41.8 Å². The fourth-order valence-corrected chi connectivity index (χ4v) is 4.33. The molecule has 0 bridgehead atoms. The van der Waals surface area contributed by atoms with Gasteiger partial charge in [0.2, 0.25) is 0 Å². The maximum Gasteiger partial charge on any atom is 0.161 e. The fourth-order valence-electron chi connectivity index (χ4n) is 4.33. The molecule has 11 heteroatoms. The minimum atomic E-state index is -1.40. The minimum absolute atomic E-state index is 0.0821. The molecular formula is C27H36O11. The van der Waals surface area contributed by atoms with Crippen LogP contribution in [0.15, 0.2) is 42.5 Å². The van der Waals surface area contributed by atoms with Crippen molar-refractivity contribution in [2.45, 2.75) is 43.0 Å². The highest BCUT2D eigenvalue weighted by Gasteiger charge is 2.42. The number of benzene rings is 2. The van der Waals surface area contributed by atoms with Crippen molar-refractivity contribution < 1.29 is 54.7 Å². The van der Waals surface area contributed by atoms with Crippen molar-refractivity contribution in [3.63, 3.8) is 0 Å². The Bertz CT molecular complexity index is 1060. The zero-order chi connectivity index (χ0) is 27.8. The van der Waals surface area contributed by atoms with Gasteiger partial charge in [-0.3, -0.25) is 0 Å². The molecule has 0 aliphatic heterocycles. The third kappa shape index (κ3) is 6.94. The first-order valence-electron chi connectivity index (χ1n) is 12.2. The predicted molar refractivity (Wildman–Crippen MR) is 136 cm³/mol. The van der Waals surface area contributed by atoms with E-state index in [0.717, 1.165) is 5.56 Å². The summed E-state index contributed by atoms with van der Waals surface area (Å²) in [4.78, 5) is 0. The fraction of sp³-hybridized carbons (Fsp3) is 0.481. The molecule has 3 rings (SSSR count). The van der Waals surface area contributed by atoms with Crippen molar-refractivity contribution >= 4 is 6.08 Å². The summed E-state index contributed by atoms with van der Waals surface area (Å²) >= 11 is 0. The van der Waals surface area contributed by atoms with Crippen LogP contribution in [0.3, 0.4) is 0 Å². The van der Waals surface area contributed by atoms with E-state index in [2.05, 4.69) is 0 Å². The van der Waals surface area contributed by atoms with E-state index in [9.17, 15) is 35.7 Å². The Morgan fingerprint density at radius 2 is 1.66 bits per heavy atom. The number of aliphatic hydroxyl groups excluding tert-OH is 6. The van der Waals surface area contributed by atoms with Gasteiger partial charge in [-0.25, -0.2) is 0 Å². The third-order valence-corrected chi connectivity index (χ3v) is 6.59. The lowest BCUT2D eigenvalue weighted by atomic mass is 9.81. The van der Waals surface area contributed by atoms with Gasteiger partial charge in [0.15, 0.2) is 29.1 Å². The van der Waals surface area contributed by atoms with Crippen molar-refractivity contribution in [1.29, 1.82) is 0 Å². The first-order chi connectivity index (χ1) is 18.2. The third-order valence-electron chi connectivity index (χ3n) is 6.59. The smallest absolute Gasteiger partial charge is 0.161 e. The summed E-state index contributed by atoms with van der Waals surface area (Å²) in [7, 11) is 2.84. The second-order valence-corrected chi connectivity index (χ2v) is 9.05. The number of methoxy groups -OCH3 is 2. The first kappa shape index (κ1) is 29.7. The summed E-state index contributed by atoms with van der Waals surface area (Å²) in [5.74, 6) is 0.152. The molecule has 0 amide bonds. The number of aromatic hydroxyl groups is 1. The molecule has 2 aromatic rings. The Kier molecular flexibility index (Phi) is 10.7. The van der Waals surface area contributed by atoms with Crippen molar-refractivity contribution in [2.75, 3.05) is 34.0 Å². The molecule has 0 radical (unpaired) electrons. The summed E-state index contributed by atoms with van der Waals surface area (Å²) < 4.78 is 22.0. The number of phenolic OH excluding ortho intramolecular Hbond substituents is 1. The van der Waals surface area contributed by atoms with Crippen LogP contribution in [0.1, 0.15) is 23.7 Å². The Morgan fingerprint density at radius 3 is 2.32 bits per heavy atom. The lowest BCUT2D eigenvalue weighted by molar-refractivity contribution is -0.174. The molecule has 11 nitrogen and oxygen atoms in total. The lowest BCUT2D eigenvalue weighted by Gasteiger charge is -2.39. The zero-order valence-corrected chi connectivity index (χ0v) is 21.3. The average Bonchev–Trinajstić information content (AvgIpc) is 2.94. The number of ether oxygens (including phenoxy) is 4. The van der Waals surface area contributed by atoms with E-state index in [-0.39, 0.29) is 36.9 Å². The molecule has 0 saturated heterocycles. The Labute approximate surface area is 220 Å². The maximum atomic E-state index is 10.8. The topological polar surface area (TPSA) is 179 Å². The number of rotatable bonds is 12. The van der Waals surface area contributed by atoms with Crippen LogP contribution in [0.4, 0.5) is 0 Å². The molecule has 7 unspecified atom stereocenters. The largest absolute Gasteiger partial charge is 0.504 e. The van der Waals surface area contributed by atoms with E-state index in [4.69, 9.17) is 18.9 Å². The molecular weight excluding hydrogens is 500 g/mol. The molecule has 0 aromatic heterocycles. The van der Waals surface area contributed by atoms with Gasteiger partial charge in [0.25, 0.3) is 0 Å². The van der Waals surface area contributed by atoms with Gasteiger partial charge in [0, 0.05) is 12.5 Å². The number of aliphatic hydroxyl groups is 6. The highest BCUT2D eigenvalue weighted by Crippen LogP contribution is 2.34. The van der Waals surface area contributed by atoms with E-state index in [1.54, 1.807) is 30.4 Å². The Balaban J connectivity index is 1.63. The van der Waals surface area contributed by atoms with Crippen LogP contribution in [0, 0.1) is 5.92 Å². The van der Waals surface area contributed by atoms with E-state index in [0.29, 0.717) is 11.3 Å². The van der Waals surface area contributed by atoms with Gasteiger partial charge in [-0.2, -0.15) is 0 Å². The molecule has 0 spiro atoms. The zero-order valence-electron chi connectivity index (χ0n) is 21.3. The van der Waals surface area contributed by atoms with Gasteiger partial charge >= 0.3 is 0 Å². The molecule has 1 aliphatic rings. The van der Waals surface area contributed by atoms with Crippen LogP contribution < -0.4 is 14.2 Å². The Hall–Kier alpha value is -2.90. The van der Waals surface area contributed by atoms with E-state index >= 15 is 0 Å². The molecule has 1 saturated carbocycles. The molecule has 7 atom stereocenters. The molecule has 210 valence electrons. The summed E-state index contributed by atoms with van der Waals surface area (Å²) in [6.07, 6.45) is -3.23. The summed E-state index contributed by atoms with van der Waals surface area (Å²) in [6.45, 7) is -0.716. The first-order valence-corrected chi connectivity index (χ1v) is 12.2. The molecule has 38 heavy (non-hydrogen) atoms. The van der Waals surface area contributed by atoms with E-state index < -0.39 is 49.1 Å². The van der Waals surface area contributed by atoms with E-state index in [1.807, 2.05) is 0 Å². The van der Waals surface area contributed by atoms with Gasteiger partial charge in [-0.1, -0.05) is 24.3 Å². The summed E-state index contributed by atoms with van der Waals surface area (Å²) in [5, 5.41) is 69.8. The SMILES string of the molecule is COc1cc(C(O)C(CO)Oc2ccc(C=CCOC3CC(CO)C(O)C(O)C3O)cc2OC)ccc1O. The number of phenols is 1. The highest BCUT2D eigenvalue weighted by molar-refractivity contribution is 5.56. The molecule has 1 aliphatic carbocycles. The monoisotopic (exact) mass is 536 g/mol. The van der Waals surface area contributed by atoms with Crippen LogP contribution in [0.5, 0.6) is 23.0 Å². The van der Waals surface area contributed by atoms with Gasteiger partial charge in [0.1, 0.15) is 18.3 Å².